The summed E-state index contributed by atoms with van der Waals surface area (Å²) in [5, 5.41) is 9.18. The fourth-order valence-electron chi connectivity index (χ4n) is 1.64. The van der Waals surface area contributed by atoms with E-state index in [1.165, 1.54) is 5.56 Å². The van der Waals surface area contributed by atoms with E-state index < -0.39 is 0 Å². The highest BCUT2D eigenvalue weighted by atomic mass is 16.3. The maximum Gasteiger partial charge on any atom is 0.115 e. The van der Waals surface area contributed by atoms with E-state index in [0.717, 1.165) is 11.1 Å². The minimum Gasteiger partial charge on any atom is -0.508 e. The maximum absolute atomic E-state index is 9.18. The highest BCUT2D eigenvalue weighted by Crippen LogP contribution is 2.14. The number of hydrogen-bond donors (Lipinski definition) is 1. The Kier molecular flexibility index (Phi) is 3.69. The van der Waals surface area contributed by atoms with E-state index in [2.05, 4.69) is 37.8 Å². The molecule has 0 spiro atoms. The van der Waals surface area contributed by atoms with Crippen molar-refractivity contribution < 1.29 is 5.11 Å². The molecule has 0 aliphatic rings. The van der Waals surface area contributed by atoms with Crippen molar-refractivity contribution in [3.05, 3.63) is 65.2 Å². The lowest BCUT2D eigenvalue weighted by Crippen LogP contribution is -1.86. The van der Waals surface area contributed by atoms with E-state index in [-0.39, 0.29) is 5.75 Å². The molecule has 0 bridgehead atoms. The van der Waals surface area contributed by atoms with Crippen LogP contribution in [-0.2, 0) is 0 Å². The Morgan fingerprint density at radius 1 is 0.778 bits per heavy atom. The van der Waals surface area contributed by atoms with Crippen LogP contribution in [0.1, 0.15) is 36.5 Å². The Bertz CT molecular complexity index is 566. The maximum atomic E-state index is 9.18. The van der Waals surface area contributed by atoms with Crippen molar-refractivity contribution in [1.82, 2.24) is 0 Å². The molecule has 1 N–H and O–H groups in total. The Balaban J connectivity index is 2.17. The highest BCUT2D eigenvalue weighted by Gasteiger charge is 1.97. The van der Waals surface area contributed by atoms with Crippen molar-refractivity contribution in [3.63, 3.8) is 0 Å². The monoisotopic (exact) mass is 236 g/mol. The first kappa shape index (κ1) is 12.3. The number of phenolic OH excluding ortho intramolecular Hbond substituents is 1. The molecule has 90 valence electrons. The summed E-state index contributed by atoms with van der Waals surface area (Å²) in [4.78, 5) is 0. The van der Waals surface area contributed by atoms with Gasteiger partial charge < -0.3 is 5.11 Å². The fraction of sp³-hybridized carbons (Fsp3) is 0.176. The van der Waals surface area contributed by atoms with Gasteiger partial charge in [0, 0.05) is 11.1 Å². The van der Waals surface area contributed by atoms with Crippen molar-refractivity contribution in [2.45, 2.75) is 19.8 Å². The van der Waals surface area contributed by atoms with E-state index in [1.54, 1.807) is 12.1 Å². The van der Waals surface area contributed by atoms with Gasteiger partial charge in [-0.1, -0.05) is 37.8 Å². The fourth-order valence-corrected chi connectivity index (χ4v) is 1.64. The van der Waals surface area contributed by atoms with E-state index in [0.29, 0.717) is 5.92 Å². The van der Waals surface area contributed by atoms with E-state index in [4.69, 9.17) is 0 Å². The van der Waals surface area contributed by atoms with Crippen LogP contribution in [0.25, 0.3) is 0 Å². The number of phenols is 1. The van der Waals surface area contributed by atoms with Gasteiger partial charge in [-0.05, 0) is 47.9 Å². The first-order valence-corrected chi connectivity index (χ1v) is 6.06. The number of hydrogen-bond acceptors (Lipinski definition) is 1. The zero-order valence-electron chi connectivity index (χ0n) is 10.6. The van der Waals surface area contributed by atoms with Gasteiger partial charge in [-0.2, -0.15) is 0 Å². The Labute approximate surface area is 108 Å². The summed E-state index contributed by atoms with van der Waals surface area (Å²) in [5.41, 5.74) is 3.23. The van der Waals surface area contributed by atoms with Gasteiger partial charge in [0.1, 0.15) is 5.75 Å². The molecule has 0 aliphatic carbocycles. The summed E-state index contributed by atoms with van der Waals surface area (Å²) in [7, 11) is 0. The molecule has 1 nitrogen and oxygen atoms in total. The van der Waals surface area contributed by atoms with Crippen LogP contribution in [0.5, 0.6) is 5.75 Å². The van der Waals surface area contributed by atoms with Gasteiger partial charge >= 0.3 is 0 Å². The number of benzene rings is 2. The van der Waals surface area contributed by atoms with Crippen molar-refractivity contribution in [3.8, 4) is 17.6 Å². The molecule has 0 amide bonds. The molecular weight excluding hydrogens is 220 g/mol. The van der Waals surface area contributed by atoms with Crippen LogP contribution in [0.15, 0.2) is 48.5 Å². The zero-order valence-corrected chi connectivity index (χ0v) is 10.6. The summed E-state index contributed by atoms with van der Waals surface area (Å²) in [5.74, 6) is 7.00. The quantitative estimate of drug-likeness (QED) is 0.744. The molecule has 0 unspecified atom stereocenters. The molecule has 0 fully saturated rings. The molecular formula is C17H16O. The second-order valence-electron chi connectivity index (χ2n) is 4.57. The average Bonchev–Trinajstić information content (AvgIpc) is 2.38. The third-order valence-corrected chi connectivity index (χ3v) is 2.80. The molecule has 2 rings (SSSR count). The van der Waals surface area contributed by atoms with Gasteiger partial charge in [0.25, 0.3) is 0 Å². The second-order valence-corrected chi connectivity index (χ2v) is 4.57. The van der Waals surface area contributed by atoms with Crippen LogP contribution >= 0.6 is 0 Å². The Hall–Kier alpha value is -2.20. The SMILES string of the molecule is CC(C)c1ccc(C#Cc2ccc(O)cc2)cc1. The van der Waals surface area contributed by atoms with Crippen LogP contribution in [-0.4, -0.2) is 5.11 Å². The third kappa shape index (κ3) is 3.15. The predicted octanol–water partition coefficient (Wildman–Crippen LogP) is 3.92. The highest BCUT2D eigenvalue weighted by molar-refractivity contribution is 5.44. The first-order valence-electron chi connectivity index (χ1n) is 6.06. The lowest BCUT2D eigenvalue weighted by molar-refractivity contribution is 0.475. The van der Waals surface area contributed by atoms with Gasteiger partial charge in [-0.15, -0.1) is 0 Å². The largest absolute Gasteiger partial charge is 0.508 e. The molecule has 0 aromatic heterocycles. The Morgan fingerprint density at radius 3 is 1.67 bits per heavy atom. The Morgan fingerprint density at radius 2 is 1.22 bits per heavy atom. The van der Waals surface area contributed by atoms with Gasteiger partial charge in [-0.3, -0.25) is 0 Å². The molecule has 0 saturated carbocycles. The average molecular weight is 236 g/mol. The lowest BCUT2D eigenvalue weighted by atomic mass is 10.0. The van der Waals surface area contributed by atoms with Gasteiger partial charge in [0.15, 0.2) is 0 Å². The van der Waals surface area contributed by atoms with Crippen molar-refractivity contribution in [2.24, 2.45) is 0 Å². The van der Waals surface area contributed by atoms with Crippen LogP contribution in [0.2, 0.25) is 0 Å². The summed E-state index contributed by atoms with van der Waals surface area (Å²) in [6.07, 6.45) is 0. The lowest BCUT2D eigenvalue weighted by Gasteiger charge is -2.03. The van der Waals surface area contributed by atoms with Crippen LogP contribution < -0.4 is 0 Å². The van der Waals surface area contributed by atoms with Crippen molar-refractivity contribution in [1.29, 1.82) is 0 Å². The first-order chi connectivity index (χ1) is 8.65. The molecule has 0 aliphatic heterocycles. The van der Waals surface area contributed by atoms with E-state index in [1.807, 2.05) is 24.3 Å². The zero-order chi connectivity index (χ0) is 13.0. The molecule has 18 heavy (non-hydrogen) atoms. The molecule has 1 heteroatoms. The van der Waals surface area contributed by atoms with E-state index in [9.17, 15) is 5.11 Å². The summed E-state index contributed by atoms with van der Waals surface area (Å²) >= 11 is 0. The smallest absolute Gasteiger partial charge is 0.115 e. The van der Waals surface area contributed by atoms with Gasteiger partial charge in [0.2, 0.25) is 0 Å². The van der Waals surface area contributed by atoms with Crippen LogP contribution in [0, 0.1) is 11.8 Å². The molecule has 0 atom stereocenters. The van der Waals surface area contributed by atoms with Crippen LogP contribution in [0.4, 0.5) is 0 Å². The standard InChI is InChI=1S/C17H16O/c1-13(2)16-9-5-14(6-10-16)3-4-15-7-11-17(18)12-8-15/h5-13,18H,1-2H3. The molecule has 0 heterocycles. The van der Waals surface area contributed by atoms with Gasteiger partial charge in [-0.25, -0.2) is 0 Å². The topological polar surface area (TPSA) is 20.2 Å². The number of rotatable bonds is 1. The van der Waals surface area contributed by atoms with E-state index >= 15 is 0 Å². The third-order valence-electron chi connectivity index (χ3n) is 2.80. The normalized spacial score (nSPS) is 9.94. The molecule has 2 aromatic rings. The summed E-state index contributed by atoms with van der Waals surface area (Å²) in [6.45, 7) is 4.36. The van der Waals surface area contributed by atoms with Gasteiger partial charge in [0.05, 0.1) is 0 Å². The molecule has 0 radical (unpaired) electrons. The summed E-state index contributed by atoms with van der Waals surface area (Å²) in [6, 6.07) is 15.2. The summed E-state index contributed by atoms with van der Waals surface area (Å²) < 4.78 is 0. The number of aromatic hydroxyl groups is 1. The predicted molar refractivity (Wildman–Crippen MR) is 74.6 cm³/mol. The minimum atomic E-state index is 0.266. The molecule has 2 aromatic carbocycles. The second kappa shape index (κ2) is 5.42. The van der Waals surface area contributed by atoms with Crippen molar-refractivity contribution in [2.75, 3.05) is 0 Å². The van der Waals surface area contributed by atoms with Crippen molar-refractivity contribution >= 4 is 0 Å². The minimum absolute atomic E-state index is 0.266. The van der Waals surface area contributed by atoms with Crippen LogP contribution in [0.3, 0.4) is 0 Å². The molecule has 0 saturated heterocycles.